The zero-order valence-electron chi connectivity index (χ0n) is 21.2. The molecule has 0 aromatic heterocycles. The number of nitrogens with zero attached hydrogens (tertiary/aromatic N) is 3. The number of aliphatic hydroxyl groups excluding tert-OH is 1. The van der Waals surface area contributed by atoms with Crippen LogP contribution >= 0.6 is 23.2 Å². The molecule has 4 rings (SSSR count). The van der Waals surface area contributed by atoms with Gasteiger partial charge in [-0.25, -0.2) is 0 Å². The number of likely N-dealkylation sites (N-methyl/N-ethyl adjacent to an activating group) is 1. The monoisotopic (exact) mass is 548 g/mol. The smallest absolute Gasteiger partial charge is 0.258 e. The van der Waals surface area contributed by atoms with Crippen LogP contribution in [0.25, 0.3) is 0 Å². The molecule has 0 saturated carbocycles. The van der Waals surface area contributed by atoms with Crippen molar-refractivity contribution in [3.05, 3.63) is 63.6 Å². The molecule has 2 aliphatic heterocycles. The van der Waals surface area contributed by atoms with Crippen LogP contribution in [0, 0.1) is 0 Å². The Bertz CT molecular complexity index is 1130. The van der Waals surface area contributed by atoms with Gasteiger partial charge in [-0.1, -0.05) is 35.3 Å². The number of carbonyl (C=O) groups excluding carboxylic acids is 2. The van der Waals surface area contributed by atoms with Gasteiger partial charge in [0.1, 0.15) is 0 Å². The van der Waals surface area contributed by atoms with Gasteiger partial charge in [-0.05, 0) is 55.7 Å². The number of anilines is 1. The number of halogens is 2. The Balaban J connectivity index is 1.25. The van der Waals surface area contributed by atoms with Crippen LogP contribution in [0.3, 0.4) is 0 Å². The summed E-state index contributed by atoms with van der Waals surface area (Å²) in [5, 5.41) is 24.3. The lowest BCUT2D eigenvalue weighted by Crippen LogP contribution is -2.61. The highest BCUT2D eigenvalue weighted by Crippen LogP contribution is 2.30. The van der Waals surface area contributed by atoms with E-state index in [1.807, 2.05) is 6.07 Å². The summed E-state index contributed by atoms with van der Waals surface area (Å²) in [6.07, 6.45) is 1.71. The third-order valence-electron chi connectivity index (χ3n) is 7.33. The quantitative estimate of drug-likeness (QED) is 0.469. The van der Waals surface area contributed by atoms with Crippen molar-refractivity contribution in [2.45, 2.75) is 37.5 Å². The number of aliphatic hydroxyl groups is 2. The molecule has 2 aliphatic rings. The number of carbonyl (C=O) groups is 2. The van der Waals surface area contributed by atoms with Crippen LogP contribution in [-0.4, -0.2) is 95.2 Å². The van der Waals surface area contributed by atoms with E-state index in [0.717, 1.165) is 31.6 Å². The first-order chi connectivity index (χ1) is 17.6. The average molecular weight is 549 g/mol. The van der Waals surface area contributed by atoms with Crippen molar-refractivity contribution in [3.8, 4) is 0 Å². The molecule has 37 heavy (non-hydrogen) atoms. The highest BCUT2D eigenvalue weighted by molar-refractivity contribution is 6.34. The predicted octanol–water partition coefficient (Wildman–Crippen LogP) is 3.05. The van der Waals surface area contributed by atoms with Crippen molar-refractivity contribution >= 4 is 40.7 Å². The summed E-state index contributed by atoms with van der Waals surface area (Å²) < 4.78 is 0. The Morgan fingerprint density at radius 3 is 2.46 bits per heavy atom. The van der Waals surface area contributed by atoms with Gasteiger partial charge in [-0.2, -0.15) is 0 Å². The second-order valence-corrected chi connectivity index (χ2v) is 10.9. The maximum atomic E-state index is 13.1. The SMILES string of the molecule is CN(CCO)C(=O)c1ccc(NC2CN(C3CCN(C(=O)[C@@](C)(O)c4cccc(Cl)c4)CC3)C2)cc1Cl. The number of amides is 2. The molecular formula is C27H34Cl2N4O4. The molecule has 3 N–H and O–H groups in total. The Hall–Kier alpha value is -2.36. The first-order valence-electron chi connectivity index (χ1n) is 12.5. The van der Waals surface area contributed by atoms with Gasteiger partial charge in [0.2, 0.25) is 0 Å². The largest absolute Gasteiger partial charge is 0.395 e. The maximum absolute atomic E-state index is 13.1. The fraction of sp³-hybridized carbons (Fsp3) is 0.481. The zero-order valence-corrected chi connectivity index (χ0v) is 22.7. The molecular weight excluding hydrogens is 515 g/mol. The summed E-state index contributed by atoms with van der Waals surface area (Å²) in [5.74, 6) is -0.517. The molecule has 2 fully saturated rings. The van der Waals surface area contributed by atoms with Gasteiger partial charge >= 0.3 is 0 Å². The van der Waals surface area contributed by atoms with Gasteiger partial charge in [0.15, 0.2) is 5.60 Å². The first-order valence-corrected chi connectivity index (χ1v) is 13.3. The van der Waals surface area contributed by atoms with E-state index in [2.05, 4.69) is 10.2 Å². The molecule has 2 saturated heterocycles. The number of benzene rings is 2. The van der Waals surface area contributed by atoms with E-state index in [-0.39, 0.29) is 31.0 Å². The van der Waals surface area contributed by atoms with Crippen molar-refractivity contribution in [1.29, 1.82) is 0 Å². The van der Waals surface area contributed by atoms with Crippen LogP contribution in [0.15, 0.2) is 42.5 Å². The molecule has 0 aliphatic carbocycles. The van der Waals surface area contributed by atoms with Crippen molar-refractivity contribution in [2.24, 2.45) is 0 Å². The standard InChI is InChI=1S/C27H34Cl2N4O4/c1-27(37,18-4-3-5-19(28)14-18)26(36)32-10-8-22(9-11-32)33-16-21(17-33)30-20-6-7-23(24(29)15-20)25(35)31(2)12-13-34/h3-7,14-15,21-22,30,34,37H,8-13,16-17H2,1-2H3/t27-/m0/s1. The Kier molecular flexibility index (Phi) is 8.66. The summed E-state index contributed by atoms with van der Waals surface area (Å²) in [4.78, 5) is 31.1. The molecule has 2 amide bonds. The van der Waals surface area contributed by atoms with Gasteiger partial charge in [0.05, 0.1) is 23.2 Å². The molecule has 200 valence electrons. The number of hydrogen-bond donors (Lipinski definition) is 3. The molecule has 2 heterocycles. The third-order valence-corrected chi connectivity index (χ3v) is 7.88. The minimum Gasteiger partial charge on any atom is -0.395 e. The topological polar surface area (TPSA) is 96.4 Å². The van der Waals surface area contributed by atoms with E-state index in [0.29, 0.717) is 40.3 Å². The number of hydrogen-bond acceptors (Lipinski definition) is 6. The average Bonchev–Trinajstić information content (AvgIpc) is 2.85. The maximum Gasteiger partial charge on any atom is 0.258 e. The van der Waals surface area contributed by atoms with Gasteiger partial charge < -0.3 is 25.3 Å². The van der Waals surface area contributed by atoms with Crippen LogP contribution in [0.2, 0.25) is 10.0 Å². The van der Waals surface area contributed by atoms with Gasteiger partial charge in [0, 0.05) is 56.5 Å². The minimum atomic E-state index is -1.61. The molecule has 1 atom stereocenters. The van der Waals surface area contributed by atoms with E-state index >= 15 is 0 Å². The molecule has 0 unspecified atom stereocenters. The molecule has 8 nitrogen and oxygen atoms in total. The van der Waals surface area contributed by atoms with Crippen LogP contribution in [-0.2, 0) is 10.4 Å². The van der Waals surface area contributed by atoms with E-state index < -0.39 is 5.60 Å². The van der Waals surface area contributed by atoms with E-state index in [1.54, 1.807) is 48.3 Å². The van der Waals surface area contributed by atoms with Gasteiger partial charge in [-0.15, -0.1) is 0 Å². The molecule has 0 bridgehead atoms. The molecule has 2 aromatic rings. The van der Waals surface area contributed by atoms with Gasteiger partial charge in [-0.3, -0.25) is 14.5 Å². The van der Waals surface area contributed by atoms with E-state index in [9.17, 15) is 14.7 Å². The Morgan fingerprint density at radius 1 is 1.14 bits per heavy atom. The third kappa shape index (κ3) is 6.21. The molecule has 0 spiro atoms. The van der Waals surface area contributed by atoms with Crippen molar-refractivity contribution in [3.63, 3.8) is 0 Å². The normalized spacial score (nSPS) is 18.7. The van der Waals surface area contributed by atoms with Crippen molar-refractivity contribution in [2.75, 3.05) is 51.7 Å². The van der Waals surface area contributed by atoms with Crippen LogP contribution in [0.5, 0.6) is 0 Å². The van der Waals surface area contributed by atoms with Crippen LogP contribution in [0.4, 0.5) is 5.69 Å². The van der Waals surface area contributed by atoms with E-state index in [1.165, 1.54) is 11.8 Å². The summed E-state index contributed by atoms with van der Waals surface area (Å²) in [7, 11) is 1.63. The highest BCUT2D eigenvalue weighted by Gasteiger charge is 2.40. The molecule has 10 heteroatoms. The number of rotatable bonds is 8. The predicted molar refractivity (Wildman–Crippen MR) is 145 cm³/mol. The second-order valence-electron chi connectivity index (χ2n) is 10.0. The highest BCUT2D eigenvalue weighted by atomic mass is 35.5. The van der Waals surface area contributed by atoms with Crippen LogP contribution in [0.1, 0.15) is 35.7 Å². The number of nitrogens with one attached hydrogen (secondary N) is 1. The summed E-state index contributed by atoms with van der Waals surface area (Å²) in [5.41, 5.74) is 0.159. The summed E-state index contributed by atoms with van der Waals surface area (Å²) in [6.45, 7) is 4.65. The Morgan fingerprint density at radius 2 is 1.84 bits per heavy atom. The molecule has 2 aromatic carbocycles. The summed E-state index contributed by atoms with van der Waals surface area (Å²) >= 11 is 12.4. The lowest BCUT2D eigenvalue weighted by atomic mass is 9.92. The Labute approximate surface area is 227 Å². The lowest BCUT2D eigenvalue weighted by Gasteiger charge is -2.48. The second kappa shape index (κ2) is 11.6. The van der Waals surface area contributed by atoms with Crippen LogP contribution < -0.4 is 5.32 Å². The van der Waals surface area contributed by atoms with Crippen molar-refractivity contribution in [1.82, 2.24) is 14.7 Å². The molecule has 0 radical (unpaired) electrons. The minimum absolute atomic E-state index is 0.100. The lowest BCUT2D eigenvalue weighted by molar-refractivity contribution is -0.152. The fourth-order valence-corrected chi connectivity index (χ4v) is 5.48. The fourth-order valence-electron chi connectivity index (χ4n) is 5.03. The zero-order chi connectivity index (χ0) is 26.7. The number of piperidine rings is 1. The summed E-state index contributed by atoms with van der Waals surface area (Å²) in [6, 6.07) is 12.8. The number of likely N-dealkylation sites (tertiary alicyclic amines) is 2. The van der Waals surface area contributed by atoms with Crippen molar-refractivity contribution < 1.29 is 19.8 Å². The van der Waals surface area contributed by atoms with Gasteiger partial charge in [0.25, 0.3) is 11.8 Å². The first kappa shape index (κ1) is 27.7. The van der Waals surface area contributed by atoms with E-state index in [4.69, 9.17) is 28.3 Å².